The Morgan fingerprint density at radius 2 is 1.44 bits per heavy atom. The van der Waals surface area contributed by atoms with Crippen LogP contribution in [0, 0.1) is 17.3 Å². The van der Waals surface area contributed by atoms with Crippen LogP contribution in [0.3, 0.4) is 0 Å². The van der Waals surface area contributed by atoms with Crippen molar-refractivity contribution in [2.75, 3.05) is 0 Å². The zero-order valence-corrected chi connectivity index (χ0v) is 14.6. The fourth-order valence-corrected chi connectivity index (χ4v) is 2.24. The Hall–Kier alpha value is 0. The molecule has 0 aromatic heterocycles. The van der Waals surface area contributed by atoms with E-state index in [1.54, 1.807) is 0 Å². The molecule has 1 aliphatic rings. The lowest BCUT2D eigenvalue weighted by atomic mass is 9.78. The third-order valence-corrected chi connectivity index (χ3v) is 4.35. The first kappa shape index (κ1) is 20.3. The van der Waals surface area contributed by atoms with Crippen molar-refractivity contribution in [2.45, 2.75) is 100 Å². The Kier molecular flexibility index (Phi) is 13.6. The van der Waals surface area contributed by atoms with Crippen molar-refractivity contribution >= 4 is 0 Å². The first-order chi connectivity index (χ1) is 8.40. The maximum Gasteiger partial charge on any atom is -0.0331 e. The van der Waals surface area contributed by atoms with Crippen LogP contribution < -0.4 is 0 Å². The molecule has 18 heavy (non-hydrogen) atoms. The quantitative estimate of drug-likeness (QED) is 0.506. The first-order valence-corrected chi connectivity index (χ1v) is 8.40. The van der Waals surface area contributed by atoms with Gasteiger partial charge in [0.25, 0.3) is 0 Å². The van der Waals surface area contributed by atoms with Gasteiger partial charge in [0.15, 0.2) is 0 Å². The lowest BCUT2D eigenvalue weighted by Gasteiger charge is -2.28. The molecule has 1 rings (SSSR count). The molecular weight excluding hydrogens is 216 g/mol. The van der Waals surface area contributed by atoms with E-state index < -0.39 is 0 Å². The van der Waals surface area contributed by atoms with Gasteiger partial charge in [-0.25, -0.2) is 0 Å². The number of rotatable bonds is 3. The van der Waals surface area contributed by atoms with E-state index in [-0.39, 0.29) is 0 Å². The molecule has 1 aliphatic carbocycles. The van der Waals surface area contributed by atoms with E-state index in [0.29, 0.717) is 5.41 Å². The Morgan fingerprint density at radius 3 is 1.61 bits per heavy atom. The highest BCUT2D eigenvalue weighted by Crippen LogP contribution is 2.30. The fraction of sp³-hybridized carbons (Fsp3) is 1.00. The average Bonchev–Trinajstić information content (AvgIpc) is 2.33. The smallest absolute Gasteiger partial charge is 0.0331 e. The second-order valence-electron chi connectivity index (χ2n) is 6.64. The summed E-state index contributed by atoms with van der Waals surface area (Å²) < 4.78 is 0. The molecule has 0 unspecified atom stereocenters. The minimum absolute atomic E-state index is 0.550. The standard InChI is InChI=1S/C9H20.C7H14.C2H6/c1-6-7-9(4,5)8(2)3;1-7-5-3-2-4-6-7;1-2/h8H,6-7H2,1-5H3;7H,2-6H2,1H3;1-2H3. The maximum absolute atomic E-state index is 2.36. The molecule has 1 saturated carbocycles. The molecule has 1 fully saturated rings. The molecule has 0 N–H and O–H groups in total. The summed E-state index contributed by atoms with van der Waals surface area (Å²) in [7, 11) is 0. The highest BCUT2D eigenvalue weighted by atomic mass is 14.3. The van der Waals surface area contributed by atoms with Gasteiger partial charge < -0.3 is 0 Å². The van der Waals surface area contributed by atoms with Crippen molar-refractivity contribution in [2.24, 2.45) is 17.3 Å². The van der Waals surface area contributed by atoms with Crippen LogP contribution in [0.5, 0.6) is 0 Å². The average molecular weight is 257 g/mol. The summed E-state index contributed by atoms with van der Waals surface area (Å²) >= 11 is 0. The maximum atomic E-state index is 2.36. The lowest BCUT2D eigenvalue weighted by Crippen LogP contribution is -2.18. The van der Waals surface area contributed by atoms with Crippen molar-refractivity contribution in [1.29, 1.82) is 0 Å². The van der Waals surface area contributed by atoms with Gasteiger partial charge in [-0.2, -0.15) is 0 Å². The van der Waals surface area contributed by atoms with E-state index in [0.717, 1.165) is 11.8 Å². The van der Waals surface area contributed by atoms with Crippen molar-refractivity contribution in [1.82, 2.24) is 0 Å². The molecule has 0 aliphatic heterocycles. The Bertz CT molecular complexity index is 149. The summed E-state index contributed by atoms with van der Waals surface area (Å²) in [4.78, 5) is 0. The van der Waals surface area contributed by atoms with Crippen molar-refractivity contribution in [3.63, 3.8) is 0 Å². The largest absolute Gasteiger partial charge is 0.0683 e. The van der Waals surface area contributed by atoms with Crippen LogP contribution in [0.1, 0.15) is 100 Å². The third kappa shape index (κ3) is 11.1. The van der Waals surface area contributed by atoms with E-state index in [1.807, 2.05) is 13.8 Å². The molecule has 0 saturated heterocycles. The third-order valence-electron chi connectivity index (χ3n) is 4.35. The van der Waals surface area contributed by atoms with E-state index in [9.17, 15) is 0 Å². The van der Waals surface area contributed by atoms with E-state index >= 15 is 0 Å². The lowest BCUT2D eigenvalue weighted by molar-refractivity contribution is 0.227. The molecule has 0 spiro atoms. The minimum atomic E-state index is 0.550. The second kappa shape index (κ2) is 12.1. The zero-order valence-electron chi connectivity index (χ0n) is 14.6. The van der Waals surface area contributed by atoms with Gasteiger partial charge >= 0.3 is 0 Å². The van der Waals surface area contributed by atoms with Crippen LogP contribution in [0.15, 0.2) is 0 Å². The van der Waals surface area contributed by atoms with Gasteiger partial charge in [0.2, 0.25) is 0 Å². The van der Waals surface area contributed by atoms with Gasteiger partial charge in [-0.05, 0) is 23.7 Å². The first-order valence-electron chi connectivity index (χ1n) is 8.40. The molecule has 0 bridgehead atoms. The van der Waals surface area contributed by atoms with Crippen molar-refractivity contribution in [3.8, 4) is 0 Å². The molecule has 0 amide bonds. The van der Waals surface area contributed by atoms with Crippen LogP contribution in [-0.2, 0) is 0 Å². The topological polar surface area (TPSA) is 0 Å². The van der Waals surface area contributed by atoms with Crippen LogP contribution in [0.25, 0.3) is 0 Å². The zero-order chi connectivity index (χ0) is 14.6. The highest BCUT2D eigenvalue weighted by molar-refractivity contribution is 4.70. The summed E-state index contributed by atoms with van der Waals surface area (Å²) in [6.45, 7) is 17.9. The van der Waals surface area contributed by atoms with Crippen LogP contribution in [0.2, 0.25) is 0 Å². The fourth-order valence-electron chi connectivity index (χ4n) is 2.24. The van der Waals surface area contributed by atoms with Gasteiger partial charge in [0, 0.05) is 0 Å². The molecule has 0 aromatic carbocycles. The summed E-state index contributed by atoms with van der Waals surface area (Å²) in [5.41, 5.74) is 0.550. The summed E-state index contributed by atoms with van der Waals surface area (Å²) in [5, 5.41) is 0. The summed E-state index contributed by atoms with van der Waals surface area (Å²) in [6.07, 6.45) is 10.1. The molecule has 0 nitrogen and oxygen atoms in total. The van der Waals surface area contributed by atoms with Gasteiger partial charge in [-0.15, -0.1) is 0 Å². The van der Waals surface area contributed by atoms with Gasteiger partial charge in [-0.3, -0.25) is 0 Å². The van der Waals surface area contributed by atoms with E-state index in [2.05, 4.69) is 41.5 Å². The molecule has 112 valence electrons. The number of hydrogen-bond donors (Lipinski definition) is 0. The molecule has 0 atom stereocenters. The van der Waals surface area contributed by atoms with Crippen LogP contribution in [-0.4, -0.2) is 0 Å². The predicted octanol–water partition coefficient (Wildman–Crippen LogP) is 7.08. The van der Waals surface area contributed by atoms with E-state index in [1.165, 1.54) is 44.9 Å². The normalized spacial score (nSPS) is 16.5. The predicted molar refractivity (Wildman–Crippen MR) is 87.1 cm³/mol. The number of hydrogen-bond acceptors (Lipinski definition) is 0. The second-order valence-corrected chi connectivity index (χ2v) is 6.64. The molecule has 0 aromatic rings. The summed E-state index contributed by atoms with van der Waals surface area (Å²) in [6, 6.07) is 0. The molecule has 0 heterocycles. The summed E-state index contributed by atoms with van der Waals surface area (Å²) in [5.74, 6) is 1.85. The van der Waals surface area contributed by atoms with Crippen LogP contribution in [0.4, 0.5) is 0 Å². The highest BCUT2D eigenvalue weighted by Gasteiger charge is 2.20. The monoisotopic (exact) mass is 256 g/mol. The van der Waals surface area contributed by atoms with Gasteiger partial charge in [-0.1, -0.05) is 93.9 Å². The molecular formula is C18H40. The Balaban J connectivity index is 0. The van der Waals surface area contributed by atoms with Crippen molar-refractivity contribution < 1.29 is 0 Å². The van der Waals surface area contributed by atoms with Crippen molar-refractivity contribution in [3.05, 3.63) is 0 Å². The van der Waals surface area contributed by atoms with Gasteiger partial charge in [0.1, 0.15) is 0 Å². The van der Waals surface area contributed by atoms with E-state index in [4.69, 9.17) is 0 Å². The minimum Gasteiger partial charge on any atom is -0.0683 e. The van der Waals surface area contributed by atoms with Crippen LogP contribution >= 0.6 is 0 Å². The SMILES string of the molecule is CC.CC1CCCCC1.CCCC(C)(C)C(C)C. The Morgan fingerprint density at radius 1 is 1.00 bits per heavy atom. The van der Waals surface area contributed by atoms with Gasteiger partial charge in [0.05, 0.1) is 0 Å². The Labute approximate surface area is 118 Å². The molecule has 0 heteroatoms. The molecule has 0 radical (unpaired) electrons.